The van der Waals surface area contributed by atoms with Crippen LogP contribution in [0, 0.1) is 11.8 Å². The Morgan fingerprint density at radius 3 is 2.80 bits per heavy atom. The molecule has 0 radical (unpaired) electrons. The molecule has 0 amide bonds. The van der Waals surface area contributed by atoms with Gasteiger partial charge in [-0.3, -0.25) is 0 Å². The molecule has 0 aromatic carbocycles. The van der Waals surface area contributed by atoms with Crippen molar-refractivity contribution in [1.82, 2.24) is 5.32 Å². The van der Waals surface area contributed by atoms with E-state index in [4.69, 9.17) is 4.74 Å². The lowest BCUT2D eigenvalue weighted by Gasteiger charge is -2.08. The largest absolute Gasteiger partial charge is 0.365 e. The second-order valence-electron chi connectivity index (χ2n) is 2.11. The van der Waals surface area contributed by atoms with Crippen molar-refractivity contribution in [3.8, 4) is 11.8 Å². The molecule has 2 heteroatoms. The topological polar surface area (TPSA) is 21.3 Å². The van der Waals surface area contributed by atoms with Gasteiger partial charge in [0.15, 0.2) is 0 Å². The van der Waals surface area contributed by atoms with E-state index in [1.54, 1.807) is 0 Å². The van der Waals surface area contributed by atoms with Gasteiger partial charge in [0, 0.05) is 6.54 Å². The van der Waals surface area contributed by atoms with Gasteiger partial charge >= 0.3 is 0 Å². The first-order chi connectivity index (χ1) is 4.81. The van der Waals surface area contributed by atoms with Crippen molar-refractivity contribution in [3.63, 3.8) is 0 Å². The molecule has 0 aromatic rings. The van der Waals surface area contributed by atoms with E-state index in [0.29, 0.717) is 6.61 Å². The van der Waals surface area contributed by atoms with Gasteiger partial charge in [-0.05, 0) is 20.9 Å². The average Bonchev–Trinajstić information content (AvgIpc) is 1.89. The number of likely N-dealkylation sites (N-methyl/N-ethyl adjacent to an activating group) is 1. The minimum absolute atomic E-state index is 0.255. The van der Waals surface area contributed by atoms with E-state index in [1.807, 2.05) is 20.9 Å². The van der Waals surface area contributed by atoms with E-state index in [1.165, 1.54) is 0 Å². The second-order valence-corrected chi connectivity index (χ2v) is 2.11. The zero-order chi connectivity index (χ0) is 7.82. The van der Waals surface area contributed by atoms with Crippen molar-refractivity contribution in [2.45, 2.75) is 20.0 Å². The van der Waals surface area contributed by atoms with E-state index in [9.17, 15) is 0 Å². The van der Waals surface area contributed by atoms with Gasteiger partial charge in [-0.25, -0.2) is 0 Å². The van der Waals surface area contributed by atoms with Crippen molar-refractivity contribution in [3.05, 3.63) is 0 Å². The molecule has 0 aliphatic heterocycles. The maximum atomic E-state index is 5.29. The number of hydrogen-bond acceptors (Lipinski definition) is 2. The van der Waals surface area contributed by atoms with E-state index < -0.39 is 0 Å². The summed E-state index contributed by atoms with van der Waals surface area (Å²) in [6.07, 6.45) is 0.255. The van der Waals surface area contributed by atoms with Crippen molar-refractivity contribution in [2.75, 3.05) is 20.2 Å². The third-order valence-corrected chi connectivity index (χ3v) is 1.11. The quantitative estimate of drug-likeness (QED) is 0.580. The summed E-state index contributed by atoms with van der Waals surface area (Å²) in [7, 11) is 1.91. The number of hydrogen-bond donors (Lipinski definition) is 1. The molecular formula is C8H15NO. The number of rotatable bonds is 4. The third-order valence-electron chi connectivity index (χ3n) is 1.11. The van der Waals surface area contributed by atoms with E-state index >= 15 is 0 Å². The summed E-state index contributed by atoms with van der Waals surface area (Å²) in [6, 6.07) is 0. The van der Waals surface area contributed by atoms with Crippen molar-refractivity contribution in [1.29, 1.82) is 0 Å². The fourth-order valence-corrected chi connectivity index (χ4v) is 0.602. The van der Waals surface area contributed by atoms with E-state index in [-0.39, 0.29) is 6.10 Å². The Kier molecular flexibility index (Phi) is 6.25. The normalized spacial score (nSPS) is 11.9. The average molecular weight is 141 g/mol. The predicted octanol–water partition coefficient (Wildman–Crippen LogP) is 0.634. The molecule has 2 nitrogen and oxygen atoms in total. The van der Waals surface area contributed by atoms with Crippen LogP contribution in [0.25, 0.3) is 0 Å². The lowest BCUT2D eigenvalue weighted by Crippen LogP contribution is -2.23. The fourth-order valence-electron chi connectivity index (χ4n) is 0.602. The van der Waals surface area contributed by atoms with Crippen LogP contribution in [0.15, 0.2) is 0 Å². The molecule has 0 saturated heterocycles. The van der Waals surface area contributed by atoms with Gasteiger partial charge in [0.1, 0.15) is 6.61 Å². The molecule has 0 spiro atoms. The van der Waals surface area contributed by atoms with Gasteiger partial charge < -0.3 is 10.1 Å². The summed E-state index contributed by atoms with van der Waals surface area (Å²) in [4.78, 5) is 0. The molecule has 0 heterocycles. The summed E-state index contributed by atoms with van der Waals surface area (Å²) in [6.45, 7) is 5.25. The summed E-state index contributed by atoms with van der Waals surface area (Å²) in [5.74, 6) is 5.61. The monoisotopic (exact) mass is 141 g/mol. The minimum Gasteiger partial charge on any atom is -0.365 e. The number of nitrogens with one attached hydrogen (secondary N) is 1. The summed E-state index contributed by atoms with van der Waals surface area (Å²) < 4.78 is 5.29. The first kappa shape index (κ1) is 9.48. The first-order valence-corrected chi connectivity index (χ1v) is 3.47. The van der Waals surface area contributed by atoms with E-state index in [2.05, 4.69) is 17.2 Å². The van der Waals surface area contributed by atoms with Gasteiger partial charge in [0.25, 0.3) is 0 Å². The molecule has 10 heavy (non-hydrogen) atoms. The highest BCUT2D eigenvalue weighted by atomic mass is 16.5. The molecule has 0 aromatic heterocycles. The van der Waals surface area contributed by atoms with Gasteiger partial charge in [-0.1, -0.05) is 5.92 Å². The van der Waals surface area contributed by atoms with Crippen molar-refractivity contribution in [2.24, 2.45) is 0 Å². The van der Waals surface area contributed by atoms with Crippen LogP contribution in [0.3, 0.4) is 0 Å². The molecule has 58 valence electrons. The summed E-state index contributed by atoms with van der Waals surface area (Å²) in [5, 5.41) is 3.02. The van der Waals surface area contributed by atoms with Crippen LogP contribution in [0.1, 0.15) is 13.8 Å². The Morgan fingerprint density at radius 1 is 1.60 bits per heavy atom. The van der Waals surface area contributed by atoms with Crippen LogP contribution in [-0.4, -0.2) is 26.3 Å². The molecule has 1 atom stereocenters. The Hall–Kier alpha value is -0.520. The lowest BCUT2D eigenvalue weighted by atomic mass is 10.4. The molecular weight excluding hydrogens is 126 g/mol. The minimum atomic E-state index is 0.255. The van der Waals surface area contributed by atoms with E-state index in [0.717, 1.165) is 6.54 Å². The molecule has 0 rings (SSSR count). The Bertz CT molecular complexity index is 123. The highest BCUT2D eigenvalue weighted by Crippen LogP contribution is 1.85. The SMILES string of the molecule is CC#CCOC(C)CNC. The number of ether oxygens (including phenoxy) is 1. The Balaban J connectivity index is 3.18. The lowest BCUT2D eigenvalue weighted by molar-refractivity contribution is 0.0932. The molecule has 1 unspecified atom stereocenters. The first-order valence-electron chi connectivity index (χ1n) is 3.47. The zero-order valence-corrected chi connectivity index (χ0v) is 6.90. The van der Waals surface area contributed by atoms with Gasteiger partial charge in [-0.2, -0.15) is 0 Å². The van der Waals surface area contributed by atoms with Crippen molar-refractivity contribution >= 4 is 0 Å². The van der Waals surface area contributed by atoms with Gasteiger partial charge in [-0.15, -0.1) is 5.92 Å². The summed E-state index contributed by atoms with van der Waals surface area (Å²) >= 11 is 0. The Morgan fingerprint density at radius 2 is 2.30 bits per heavy atom. The molecule has 0 saturated carbocycles. The standard InChI is InChI=1S/C8H15NO/c1-4-5-6-10-8(2)7-9-3/h8-9H,6-7H2,1-3H3. The van der Waals surface area contributed by atoms with Crippen LogP contribution in [0.2, 0.25) is 0 Å². The summed E-state index contributed by atoms with van der Waals surface area (Å²) in [5.41, 5.74) is 0. The Labute approximate surface area is 63.0 Å². The highest BCUT2D eigenvalue weighted by Gasteiger charge is 1.96. The van der Waals surface area contributed by atoms with Crippen molar-refractivity contribution < 1.29 is 4.74 Å². The third kappa shape index (κ3) is 5.61. The molecule has 0 bridgehead atoms. The molecule has 0 aliphatic rings. The molecule has 0 aliphatic carbocycles. The van der Waals surface area contributed by atoms with Gasteiger partial charge in [0.2, 0.25) is 0 Å². The van der Waals surface area contributed by atoms with Crippen LogP contribution in [-0.2, 0) is 4.74 Å². The molecule has 1 N–H and O–H groups in total. The van der Waals surface area contributed by atoms with Crippen LogP contribution in [0.4, 0.5) is 0 Å². The maximum absolute atomic E-state index is 5.29. The smallest absolute Gasteiger partial charge is 0.108 e. The zero-order valence-electron chi connectivity index (χ0n) is 6.90. The second kappa shape index (κ2) is 6.60. The predicted molar refractivity (Wildman–Crippen MR) is 42.8 cm³/mol. The van der Waals surface area contributed by atoms with Crippen LogP contribution in [0.5, 0.6) is 0 Å². The highest BCUT2D eigenvalue weighted by molar-refractivity contribution is 4.94. The van der Waals surface area contributed by atoms with Crippen LogP contribution < -0.4 is 5.32 Å². The molecule has 0 fully saturated rings. The maximum Gasteiger partial charge on any atom is 0.108 e. The van der Waals surface area contributed by atoms with Crippen LogP contribution >= 0.6 is 0 Å². The fraction of sp³-hybridized carbons (Fsp3) is 0.750. The van der Waals surface area contributed by atoms with Gasteiger partial charge in [0.05, 0.1) is 6.10 Å².